The normalized spacial score (nSPS) is 14.7. The minimum atomic E-state index is -0.853. The van der Waals surface area contributed by atoms with Crippen LogP contribution < -0.4 is 22.1 Å². The Kier molecular flexibility index (Phi) is 4.99. The molecule has 1 saturated carbocycles. The molecule has 0 unspecified atom stereocenters. The van der Waals surface area contributed by atoms with E-state index >= 15 is 0 Å². The van der Waals surface area contributed by atoms with Gasteiger partial charge < -0.3 is 22.1 Å². The monoisotopic (exact) mass is 362 g/mol. The van der Waals surface area contributed by atoms with E-state index in [1.54, 1.807) is 0 Å². The minimum absolute atomic E-state index is 0.0197. The fourth-order valence-electron chi connectivity index (χ4n) is 2.57. The lowest BCUT2D eigenvalue weighted by molar-refractivity contribution is 0.100. The summed E-state index contributed by atoms with van der Waals surface area (Å²) in [6, 6.07) is 2.17. The smallest absolute Gasteiger partial charge is 0.252 e. The maximum absolute atomic E-state index is 14.2. The fourth-order valence-corrected chi connectivity index (χ4v) is 2.57. The first kappa shape index (κ1) is 18.0. The van der Waals surface area contributed by atoms with Gasteiger partial charge in [-0.15, -0.1) is 0 Å². The highest BCUT2D eigenvalue weighted by molar-refractivity contribution is 5.98. The second-order valence-corrected chi connectivity index (χ2v) is 6.49. The number of carbonyl (C=O) groups excluding carboxylic acids is 1. The van der Waals surface area contributed by atoms with Gasteiger partial charge in [0.05, 0.1) is 23.6 Å². The molecule has 138 valence electrons. The Labute approximate surface area is 149 Å². The maximum Gasteiger partial charge on any atom is 0.252 e. The molecule has 9 heteroatoms. The number of nitrogens with one attached hydrogen (secondary N) is 2. The van der Waals surface area contributed by atoms with E-state index in [0.29, 0.717) is 6.54 Å². The van der Waals surface area contributed by atoms with Crippen LogP contribution >= 0.6 is 0 Å². The van der Waals surface area contributed by atoms with Gasteiger partial charge in [-0.3, -0.25) is 9.78 Å². The number of nitrogens with two attached hydrogens (primary N) is 2. The molecule has 0 atom stereocenters. The zero-order valence-electron chi connectivity index (χ0n) is 14.1. The minimum Gasteiger partial charge on any atom is -0.368 e. The predicted molar refractivity (Wildman–Crippen MR) is 94.1 cm³/mol. The molecule has 0 spiro atoms. The van der Waals surface area contributed by atoms with E-state index in [2.05, 4.69) is 20.6 Å². The Balaban J connectivity index is 1.76. The summed E-state index contributed by atoms with van der Waals surface area (Å²) in [6.07, 6.45) is 6.04. The third kappa shape index (κ3) is 4.42. The largest absolute Gasteiger partial charge is 0.368 e. The molecule has 7 nitrogen and oxygen atoms in total. The van der Waals surface area contributed by atoms with Crippen LogP contribution in [0.15, 0.2) is 24.5 Å². The van der Waals surface area contributed by atoms with E-state index in [1.807, 2.05) is 0 Å². The Bertz CT molecular complexity index is 825. The Morgan fingerprint density at radius 1 is 1.23 bits per heavy atom. The third-order valence-electron chi connectivity index (χ3n) is 4.25. The average molecular weight is 362 g/mol. The second kappa shape index (κ2) is 7.20. The number of hydrogen-bond donors (Lipinski definition) is 4. The quantitative estimate of drug-likeness (QED) is 0.535. The summed E-state index contributed by atoms with van der Waals surface area (Å²) in [5.41, 5.74) is 11.3. The predicted octanol–water partition coefficient (Wildman–Crippen LogP) is 2.28. The molecule has 0 aliphatic heterocycles. The summed E-state index contributed by atoms with van der Waals surface area (Å²) in [5.74, 6) is -2.12. The maximum atomic E-state index is 14.2. The summed E-state index contributed by atoms with van der Waals surface area (Å²) in [5, 5.41) is 5.64. The number of halogens is 2. The van der Waals surface area contributed by atoms with Crippen molar-refractivity contribution in [1.29, 1.82) is 0 Å². The van der Waals surface area contributed by atoms with Gasteiger partial charge in [-0.05, 0) is 31.7 Å². The molecule has 0 saturated heterocycles. The van der Waals surface area contributed by atoms with Crippen molar-refractivity contribution in [2.75, 3.05) is 17.2 Å². The molecule has 0 bridgehead atoms. The van der Waals surface area contributed by atoms with Crippen molar-refractivity contribution in [2.45, 2.75) is 31.2 Å². The number of amides is 1. The van der Waals surface area contributed by atoms with Gasteiger partial charge in [-0.1, -0.05) is 0 Å². The number of hydrogen-bond acceptors (Lipinski definition) is 6. The van der Waals surface area contributed by atoms with Crippen molar-refractivity contribution in [3.8, 4) is 0 Å². The highest BCUT2D eigenvalue weighted by atomic mass is 19.1. The first-order valence-electron chi connectivity index (χ1n) is 8.27. The van der Waals surface area contributed by atoms with Gasteiger partial charge in [0.25, 0.3) is 5.91 Å². The van der Waals surface area contributed by atoms with Crippen LogP contribution in [-0.4, -0.2) is 28.0 Å². The Hall–Kier alpha value is -2.81. The number of nitrogens with zero attached hydrogens (tertiary/aromatic N) is 2. The molecule has 0 radical (unpaired) electrons. The molecule has 1 fully saturated rings. The van der Waals surface area contributed by atoms with Crippen LogP contribution in [0.3, 0.4) is 0 Å². The topological polar surface area (TPSA) is 119 Å². The van der Waals surface area contributed by atoms with Crippen LogP contribution in [0.5, 0.6) is 0 Å². The molecular formula is C17H20F2N6O. The van der Waals surface area contributed by atoms with E-state index in [0.717, 1.165) is 37.9 Å². The van der Waals surface area contributed by atoms with E-state index in [9.17, 15) is 13.6 Å². The van der Waals surface area contributed by atoms with Crippen molar-refractivity contribution < 1.29 is 13.6 Å². The lowest BCUT2D eigenvalue weighted by atomic mass is 10.1. The summed E-state index contributed by atoms with van der Waals surface area (Å²) < 4.78 is 27.5. The van der Waals surface area contributed by atoms with Gasteiger partial charge in [0, 0.05) is 18.2 Å². The lowest BCUT2D eigenvalue weighted by Crippen LogP contribution is -2.22. The van der Waals surface area contributed by atoms with Crippen LogP contribution in [0.25, 0.3) is 0 Å². The molecule has 2 aromatic heterocycles. The van der Waals surface area contributed by atoms with Crippen LogP contribution in [0.2, 0.25) is 0 Å². The Morgan fingerprint density at radius 3 is 2.65 bits per heavy atom. The molecular weight excluding hydrogens is 342 g/mol. The van der Waals surface area contributed by atoms with Gasteiger partial charge in [0.2, 0.25) is 0 Å². The summed E-state index contributed by atoms with van der Waals surface area (Å²) in [6.45, 7) is 0.486. The lowest BCUT2D eigenvalue weighted by Gasteiger charge is -2.14. The van der Waals surface area contributed by atoms with Crippen LogP contribution in [0, 0.1) is 11.6 Å². The van der Waals surface area contributed by atoms with Crippen LogP contribution in [-0.2, 0) is 0 Å². The summed E-state index contributed by atoms with van der Waals surface area (Å²) in [4.78, 5) is 19.4. The highest BCUT2D eigenvalue weighted by Gasteiger charge is 2.36. The molecule has 26 heavy (non-hydrogen) atoms. The van der Waals surface area contributed by atoms with Crippen molar-refractivity contribution in [1.82, 2.24) is 9.97 Å². The van der Waals surface area contributed by atoms with Crippen molar-refractivity contribution in [3.63, 3.8) is 0 Å². The van der Waals surface area contributed by atoms with Crippen molar-refractivity contribution in [3.05, 3.63) is 41.7 Å². The average Bonchev–Trinajstić information content (AvgIpc) is 3.31. The van der Waals surface area contributed by atoms with E-state index in [4.69, 9.17) is 11.5 Å². The number of rotatable bonds is 8. The van der Waals surface area contributed by atoms with E-state index < -0.39 is 17.5 Å². The molecule has 0 aromatic carbocycles. The van der Waals surface area contributed by atoms with Crippen molar-refractivity contribution >= 4 is 23.2 Å². The van der Waals surface area contributed by atoms with E-state index in [1.165, 1.54) is 12.3 Å². The fraction of sp³-hybridized carbons (Fsp3) is 0.353. The van der Waals surface area contributed by atoms with Crippen LogP contribution in [0.4, 0.5) is 26.1 Å². The molecule has 3 rings (SSSR count). The summed E-state index contributed by atoms with van der Waals surface area (Å²) in [7, 11) is 0. The van der Waals surface area contributed by atoms with Gasteiger partial charge in [-0.2, -0.15) is 0 Å². The zero-order valence-corrected chi connectivity index (χ0v) is 14.1. The number of aromatic nitrogens is 2. The number of carbonyl (C=O) groups is 1. The Morgan fingerprint density at radius 2 is 2.00 bits per heavy atom. The van der Waals surface area contributed by atoms with E-state index in [-0.39, 0.29) is 28.4 Å². The van der Waals surface area contributed by atoms with Gasteiger partial charge in [-0.25, -0.2) is 13.8 Å². The third-order valence-corrected chi connectivity index (χ3v) is 4.25. The number of pyridine rings is 2. The van der Waals surface area contributed by atoms with Crippen LogP contribution in [0.1, 0.15) is 36.0 Å². The van der Waals surface area contributed by atoms with Gasteiger partial charge in [0.1, 0.15) is 11.6 Å². The molecule has 2 heterocycles. The van der Waals surface area contributed by atoms with Gasteiger partial charge in [0.15, 0.2) is 11.6 Å². The van der Waals surface area contributed by atoms with Gasteiger partial charge >= 0.3 is 0 Å². The molecule has 6 N–H and O–H groups in total. The summed E-state index contributed by atoms with van der Waals surface area (Å²) >= 11 is 0. The number of primary amides is 1. The SMILES string of the molecule is NC(=O)c1cc(F)c(NCCCC2(N)CC2)nc1Nc1cncc(F)c1. The molecule has 2 aromatic rings. The second-order valence-electron chi connectivity index (χ2n) is 6.49. The molecule has 1 aliphatic carbocycles. The standard InChI is InChI=1S/C17H20F2N6O/c18-10-6-11(9-22-8-10)24-15-12(14(20)26)7-13(19)16(25-15)23-5-1-2-17(21)3-4-17/h6-9H,1-5,21H2,(H2,20,26)(H2,23,24,25). The first-order valence-corrected chi connectivity index (χ1v) is 8.27. The van der Waals surface area contributed by atoms with Crippen molar-refractivity contribution in [2.24, 2.45) is 11.5 Å². The molecule has 1 amide bonds. The number of anilines is 3. The first-order chi connectivity index (χ1) is 12.4. The zero-order chi connectivity index (χ0) is 18.7. The molecule has 1 aliphatic rings. The highest BCUT2D eigenvalue weighted by Crippen LogP contribution is 2.36.